The molecule has 0 saturated carbocycles. The lowest BCUT2D eigenvalue weighted by Gasteiger charge is -2.45. The Morgan fingerprint density at radius 3 is 2.16 bits per heavy atom. The summed E-state index contributed by atoms with van der Waals surface area (Å²) in [5.41, 5.74) is 1.74. The highest BCUT2D eigenvalue weighted by atomic mass is 28.4. The van der Waals surface area contributed by atoms with Gasteiger partial charge in [0, 0.05) is 5.92 Å². The van der Waals surface area contributed by atoms with Gasteiger partial charge in [-0.25, -0.2) is 0 Å². The fourth-order valence-corrected chi connectivity index (χ4v) is 10.3. The van der Waals surface area contributed by atoms with Gasteiger partial charge < -0.3 is 9.53 Å². The van der Waals surface area contributed by atoms with Gasteiger partial charge in [-0.1, -0.05) is 74.1 Å². The summed E-state index contributed by atoms with van der Waals surface area (Å²) in [4.78, 5) is 0. The highest BCUT2D eigenvalue weighted by Crippen LogP contribution is 2.46. The molecule has 0 aromatic carbocycles. The Hall–Kier alpha value is -0.283. The van der Waals surface area contributed by atoms with Crippen LogP contribution in [0, 0.1) is 5.92 Å². The summed E-state index contributed by atoms with van der Waals surface area (Å²) >= 11 is 0. The van der Waals surface area contributed by atoms with Gasteiger partial charge >= 0.3 is 0 Å². The number of aliphatic hydroxyl groups is 1. The zero-order valence-corrected chi connectivity index (χ0v) is 19.0. The third-order valence-corrected chi connectivity index (χ3v) is 12.3. The van der Waals surface area contributed by atoms with Crippen molar-refractivity contribution in [1.82, 2.24) is 0 Å². The lowest BCUT2D eigenvalue weighted by molar-refractivity contribution is 0.0815. The van der Waals surface area contributed by atoms with E-state index in [9.17, 15) is 5.11 Å². The molecular weight excluding hydrogens is 324 g/mol. The van der Waals surface area contributed by atoms with Crippen LogP contribution in [0.3, 0.4) is 0 Å². The van der Waals surface area contributed by atoms with Crippen molar-refractivity contribution in [3.63, 3.8) is 0 Å². The Bertz CT molecular complexity index is 379. The maximum Gasteiger partial charge on any atom is 0.258 e. The van der Waals surface area contributed by atoms with E-state index in [1.165, 1.54) is 25.7 Å². The molecule has 0 saturated heterocycles. The Morgan fingerprint density at radius 2 is 1.64 bits per heavy atom. The normalized spacial score (nSPS) is 20.3. The van der Waals surface area contributed by atoms with Crippen LogP contribution in [0.4, 0.5) is 0 Å². The minimum Gasteiger partial charge on any atom is -0.546 e. The van der Waals surface area contributed by atoms with Crippen LogP contribution >= 0.6 is 0 Å². The van der Waals surface area contributed by atoms with Gasteiger partial charge in [-0.2, -0.15) is 0 Å². The molecule has 0 heterocycles. The Labute approximate surface area is 158 Å². The van der Waals surface area contributed by atoms with Crippen LogP contribution in [0.2, 0.25) is 16.6 Å². The quantitative estimate of drug-likeness (QED) is 0.309. The molecule has 3 heteroatoms. The van der Waals surface area contributed by atoms with E-state index >= 15 is 0 Å². The largest absolute Gasteiger partial charge is 0.546 e. The number of hydrogen-bond donors (Lipinski definition) is 1. The maximum absolute atomic E-state index is 10.9. The minimum absolute atomic E-state index is 0.221. The average Bonchev–Trinajstić information content (AvgIpc) is 2.55. The molecule has 1 rings (SSSR count). The number of rotatable bonds is 11. The smallest absolute Gasteiger partial charge is 0.258 e. The van der Waals surface area contributed by atoms with Gasteiger partial charge in [0.05, 0.1) is 11.9 Å². The molecule has 0 spiro atoms. The molecule has 1 aliphatic rings. The number of allylic oxidation sites excluding steroid dienone is 1. The van der Waals surface area contributed by atoms with Crippen LogP contribution in [0.15, 0.2) is 11.8 Å². The summed E-state index contributed by atoms with van der Waals surface area (Å²) in [5.74, 6) is 1.36. The third kappa shape index (κ3) is 5.85. The summed E-state index contributed by atoms with van der Waals surface area (Å²) in [6, 6.07) is 0. The molecule has 1 aliphatic carbocycles. The Kier molecular flexibility index (Phi) is 9.80. The lowest BCUT2D eigenvalue weighted by atomic mass is 9.87. The van der Waals surface area contributed by atoms with Gasteiger partial charge in [-0.15, -0.1) is 0 Å². The predicted molar refractivity (Wildman–Crippen MR) is 112 cm³/mol. The summed E-state index contributed by atoms with van der Waals surface area (Å²) in [5, 5.41) is 10.9. The zero-order valence-electron chi connectivity index (χ0n) is 18.0. The molecule has 0 aromatic heterocycles. The van der Waals surface area contributed by atoms with Crippen LogP contribution in [-0.2, 0) is 4.43 Å². The fraction of sp³-hybridized carbons (Fsp3) is 0.909. The van der Waals surface area contributed by atoms with Crippen molar-refractivity contribution >= 4 is 8.32 Å². The molecule has 0 radical (unpaired) electrons. The van der Waals surface area contributed by atoms with Crippen molar-refractivity contribution in [2.24, 2.45) is 5.92 Å². The zero-order chi connectivity index (χ0) is 19.0. The molecule has 2 atom stereocenters. The summed E-state index contributed by atoms with van der Waals surface area (Å²) in [6.07, 6.45) is 11.3. The number of aliphatic hydroxyl groups excluding tert-OH is 1. The Morgan fingerprint density at radius 1 is 1.04 bits per heavy atom. The first kappa shape index (κ1) is 22.8. The van der Waals surface area contributed by atoms with Gasteiger partial charge in [0.25, 0.3) is 8.32 Å². The molecule has 0 aliphatic heterocycles. The average molecular weight is 369 g/mol. The molecule has 25 heavy (non-hydrogen) atoms. The van der Waals surface area contributed by atoms with Crippen LogP contribution in [0.1, 0.15) is 99.8 Å². The van der Waals surface area contributed by atoms with E-state index in [-0.39, 0.29) is 12.0 Å². The molecule has 1 N–H and O–H groups in total. The van der Waals surface area contributed by atoms with E-state index in [1.807, 2.05) is 0 Å². The maximum atomic E-state index is 10.9. The van der Waals surface area contributed by atoms with Crippen LogP contribution in [0.25, 0.3) is 0 Å². The number of hydrogen-bond acceptors (Lipinski definition) is 2. The van der Waals surface area contributed by atoms with E-state index in [0.29, 0.717) is 16.6 Å². The second kappa shape index (κ2) is 10.8. The Balaban J connectivity index is 2.89. The summed E-state index contributed by atoms with van der Waals surface area (Å²) in [7, 11) is -1.93. The monoisotopic (exact) mass is 368 g/mol. The van der Waals surface area contributed by atoms with Gasteiger partial charge in [0.2, 0.25) is 0 Å². The van der Waals surface area contributed by atoms with Gasteiger partial charge in [0.1, 0.15) is 0 Å². The van der Waals surface area contributed by atoms with Gasteiger partial charge in [-0.3, -0.25) is 0 Å². The van der Waals surface area contributed by atoms with Crippen molar-refractivity contribution in [2.45, 2.75) is 123 Å². The first-order valence-corrected chi connectivity index (χ1v) is 13.0. The van der Waals surface area contributed by atoms with E-state index in [0.717, 1.165) is 31.4 Å². The van der Waals surface area contributed by atoms with Crippen molar-refractivity contribution in [1.29, 1.82) is 0 Å². The SMILES string of the molecule is CCCCCC[C@H](O)[C@H]1CCCC=C1O[Si](C(C)C)(C(C)C)C(C)C. The minimum atomic E-state index is -1.93. The van der Waals surface area contributed by atoms with Crippen LogP contribution in [0.5, 0.6) is 0 Å². The highest BCUT2D eigenvalue weighted by molar-refractivity contribution is 6.77. The molecule has 0 bridgehead atoms. The van der Waals surface area contributed by atoms with Crippen molar-refractivity contribution in [3.8, 4) is 0 Å². The molecule has 148 valence electrons. The first-order valence-electron chi connectivity index (χ1n) is 10.8. The first-order chi connectivity index (χ1) is 11.8. The van der Waals surface area contributed by atoms with Crippen molar-refractivity contribution < 1.29 is 9.53 Å². The molecule has 0 fully saturated rings. The number of unbranched alkanes of at least 4 members (excludes halogenated alkanes) is 3. The highest BCUT2D eigenvalue weighted by Gasteiger charge is 2.48. The summed E-state index contributed by atoms with van der Waals surface area (Å²) < 4.78 is 6.96. The van der Waals surface area contributed by atoms with Crippen LogP contribution in [-0.4, -0.2) is 19.5 Å². The molecule has 2 nitrogen and oxygen atoms in total. The van der Waals surface area contributed by atoms with Crippen LogP contribution < -0.4 is 0 Å². The van der Waals surface area contributed by atoms with Gasteiger partial charge in [0.15, 0.2) is 0 Å². The van der Waals surface area contributed by atoms with E-state index in [1.54, 1.807) is 0 Å². The van der Waals surface area contributed by atoms with E-state index < -0.39 is 8.32 Å². The topological polar surface area (TPSA) is 29.5 Å². The fourth-order valence-electron chi connectivity index (χ4n) is 4.91. The predicted octanol–water partition coefficient (Wildman–Crippen LogP) is 7.19. The molecule has 0 unspecified atom stereocenters. The second-order valence-electron chi connectivity index (χ2n) is 8.98. The third-order valence-electron chi connectivity index (χ3n) is 6.25. The second-order valence-corrected chi connectivity index (χ2v) is 14.4. The van der Waals surface area contributed by atoms with E-state index in [4.69, 9.17) is 4.43 Å². The standard InChI is InChI=1S/C22H44O2Si/c1-8-9-10-11-15-21(23)20-14-12-13-16-22(20)24-25(17(2)3,18(4)5)19(6)7/h16-21,23H,8-15H2,1-7H3/t20-,21+/m1/s1. The van der Waals surface area contributed by atoms with Crippen molar-refractivity contribution in [2.75, 3.05) is 0 Å². The van der Waals surface area contributed by atoms with E-state index in [2.05, 4.69) is 54.5 Å². The van der Waals surface area contributed by atoms with Crippen molar-refractivity contribution in [3.05, 3.63) is 11.8 Å². The molecule has 0 aromatic rings. The molecular formula is C22H44O2Si. The lowest BCUT2D eigenvalue weighted by Crippen LogP contribution is -2.48. The summed E-state index contributed by atoms with van der Waals surface area (Å²) in [6.45, 7) is 16.3. The molecule has 0 amide bonds. The van der Waals surface area contributed by atoms with Gasteiger partial charge in [-0.05, 0) is 48.4 Å².